The summed E-state index contributed by atoms with van der Waals surface area (Å²) in [4.78, 5) is 9.47. The van der Waals surface area contributed by atoms with Gasteiger partial charge in [-0.15, -0.1) is 11.3 Å². The standard InChI is InChI=1S/C19H21N3O4S2/c1-14-18(27-19(22-14)15-4-3-9-20-12-15)13-21-28(23,24)11-10-26-17-7-5-16(25-2)6-8-17/h3-9,12,21H,10-11,13H2,1-2H3. The van der Waals surface area contributed by atoms with Crippen LogP contribution in [-0.4, -0.2) is 37.9 Å². The number of hydrogen-bond donors (Lipinski definition) is 1. The molecule has 1 N–H and O–H groups in total. The molecule has 0 amide bonds. The second-order valence-electron chi connectivity index (χ2n) is 5.93. The van der Waals surface area contributed by atoms with Crippen LogP contribution in [-0.2, 0) is 16.6 Å². The summed E-state index contributed by atoms with van der Waals surface area (Å²) in [5.41, 5.74) is 1.72. The summed E-state index contributed by atoms with van der Waals surface area (Å²) < 4.78 is 37.7. The highest BCUT2D eigenvalue weighted by Crippen LogP contribution is 2.27. The number of rotatable bonds is 9. The second kappa shape index (κ2) is 9.13. The van der Waals surface area contributed by atoms with Crippen molar-refractivity contribution in [2.45, 2.75) is 13.5 Å². The van der Waals surface area contributed by atoms with Crippen LogP contribution in [0.3, 0.4) is 0 Å². The van der Waals surface area contributed by atoms with Crippen molar-refractivity contribution in [1.82, 2.24) is 14.7 Å². The summed E-state index contributed by atoms with van der Waals surface area (Å²) in [6.07, 6.45) is 3.44. The van der Waals surface area contributed by atoms with E-state index in [2.05, 4.69) is 14.7 Å². The summed E-state index contributed by atoms with van der Waals surface area (Å²) in [5.74, 6) is 1.18. The Labute approximate surface area is 168 Å². The van der Waals surface area contributed by atoms with Crippen molar-refractivity contribution in [2.75, 3.05) is 19.5 Å². The Morgan fingerprint density at radius 2 is 1.89 bits per heavy atom. The molecule has 1 aromatic carbocycles. The van der Waals surface area contributed by atoms with Crippen LogP contribution in [0.15, 0.2) is 48.8 Å². The van der Waals surface area contributed by atoms with Gasteiger partial charge in [-0.25, -0.2) is 18.1 Å². The summed E-state index contributed by atoms with van der Waals surface area (Å²) in [7, 11) is -1.89. The number of nitrogens with one attached hydrogen (secondary N) is 1. The van der Waals surface area contributed by atoms with E-state index in [1.54, 1.807) is 43.8 Å². The van der Waals surface area contributed by atoms with Gasteiger partial charge in [-0.1, -0.05) is 0 Å². The number of ether oxygens (including phenoxy) is 2. The number of aryl methyl sites for hydroxylation is 1. The predicted molar refractivity (Wildman–Crippen MR) is 109 cm³/mol. The van der Waals surface area contributed by atoms with Crippen molar-refractivity contribution < 1.29 is 17.9 Å². The normalized spacial score (nSPS) is 11.4. The fourth-order valence-electron chi connectivity index (χ4n) is 2.39. The molecular weight excluding hydrogens is 398 g/mol. The first-order valence-electron chi connectivity index (χ1n) is 8.58. The molecule has 0 aliphatic heterocycles. The Hall–Kier alpha value is -2.49. The Kier molecular flexibility index (Phi) is 6.61. The lowest BCUT2D eigenvalue weighted by Gasteiger charge is -2.08. The van der Waals surface area contributed by atoms with Gasteiger partial charge in [0.1, 0.15) is 23.1 Å². The van der Waals surface area contributed by atoms with Crippen molar-refractivity contribution in [1.29, 1.82) is 0 Å². The minimum Gasteiger partial charge on any atom is -0.497 e. The molecule has 0 unspecified atom stereocenters. The fourth-order valence-corrected chi connectivity index (χ4v) is 4.29. The third-order valence-corrected chi connectivity index (χ3v) is 6.43. The number of hydrogen-bond acceptors (Lipinski definition) is 7. The molecule has 0 fully saturated rings. The monoisotopic (exact) mass is 419 g/mol. The molecule has 0 radical (unpaired) electrons. The van der Waals surface area contributed by atoms with E-state index >= 15 is 0 Å². The number of aromatic nitrogens is 2. The minimum absolute atomic E-state index is 0.0598. The SMILES string of the molecule is COc1ccc(OCCS(=O)(=O)NCc2sc(-c3cccnc3)nc2C)cc1. The van der Waals surface area contributed by atoms with Crippen molar-refractivity contribution >= 4 is 21.4 Å². The summed E-state index contributed by atoms with van der Waals surface area (Å²) in [5, 5.41) is 0.822. The second-order valence-corrected chi connectivity index (χ2v) is 8.94. The molecule has 28 heavy (non-hydrogen) atoms. The zero-order chi connectivity index (χ0) is 20.0. The van der Waals surface area contributed by atoms with E-state index < -0.39 is 10.0 Å². The van der Waals surface area contributed by atoms with Gasteiger partial charge < -0.3 is 9.47 Å². The quantitative estimate of drug-likeness (QED) is 0.573. The van der Waals surface area contributed by atoms with Crippen molar-refractivity contribution in [2.24, 2.45) is 0 Å². The highest BCUT2D eigenvalue weighted by molar-refractivity contribution is 7.89. The molecule has 0 bridgehead atoms. The molecule has 3 aromatic rings. The van der Waals surface area contributed by atoms with E-state index in [0.717, 1.165) is 21.1 Å². The molecule has 2 aromatic heterocycles. The maximum Gasteiger partial charge on any atom is 0.215 e. The zero-order valence-electron chi connectivity index (χ0n) is 15.6. The van der Waals surface area contributed by atoms with Gasteiger partial charge >= 0.3 is 0 Å². The molecule has 0 saturated heterocycles. The molecule has 0 aliphatic carbocycles. The number of nitrogens with zero attached hydrogens (tertiary/aromatic N) is 2. The van der Waals surface area contributed by atoms with E-state index in [9.17, 15) is 8.42 Å². The van der Waals surface area contributed by atoms with Crippen LogP contribution in [0.4, 0.5) is 0 Å². The zero-order valence-corrected chi connectivity index (χ0v) is 17.2. The molecular formula is C19H21N3O4S2. The van der Waals surface area contributed by atoms with E-state index in [4.69, 9.17) is 9.47 Å². The van der Waals surface area contributed by atoms with Crippen LogP contribution in [0.2, 0.25) is 0 Å². The third kappa shape index (κ3) is 5.51. The van der Waals surface area contributed by atoms with Gasteiger partial charge in [-0.3, -0.25) is 4.98 Å². The lowest BCUT2D eigenvalue weighted by Crippen LogP contribution is -2.28. The average molecular weight is 420 g/mol. The topological polar surface area (TPSA) is 90.4 Å². The third-order valence-electron chi connectivity index (χ3n) is 3.93. The molecule has 0 atom stereocenters. The van der Waals surface area contributed by atoms with Gasteiger partial charge in [0.15, 0.2) is 0 Å². The number of thiazole rings is 1. The van der Waals surface area contributed by atoms with Crippen LogP contribution < -0.4 is 14.2 Å². The Morgan fingerprint density at radius 1 is 1.14 bits per heavy atom. The predicted octanol–water partition coefficient (Wildman–Crippen LogP) is 3.02. The number of methoxy groups -OCH3 is 1. The van der Waals surface area contributed by atoms with Crippen LogP contribution >= 0.6 is 11.3 Å². The molecule has 2 heterocycles. The smallest absolute Gasteiger partial charge is 0.215 e. The summed E-state index contributed by atoms with van der Waals surface area (Å²) >= 11 is 1.46. The van der Waals surface area contributed by atoms with Crippen molar-refractivity contribution in [3.05, 3.63) is 59.4 Å². The van der Waals surface area contributed by atoms with Crippen molar-refractivity contribution in [3.8, 4) is 22.1 Å². The van der Waals surface area contributed by atoms with Gasteiger partial charge in [0.25, 0.3) is 0 Å². The van der Waals surface area contributed by atoms with Crippen LogP contribution in [0.25, 0.3) is 10.6 Å². The Morgan fingerprint density at radius 3 is 2.57 bits per heavy atom. The number of sulfonamides is 1. The Bertz CT molecular complexity index is 1000. The summed E-state index contributed by atoms with van der Waals surface area (Å²) in [6, 6.07) is 10.8. The fraction of sp³-hybridized carbons (Fsp3) is 0.263. The van der Waals surface area contributed by atoms with Gasteiger partial charge in [-0.2, -0.15) is 0 Å². The van der Waals surface area contributed by atoms with Crippen LogP contribution in [0.1, 0.15) is 10.6 Å². The first-order chi connectivity index (χ1) is 13.5. The number of benzene rings is 1. The van der Waals surface area contributed by atoms with Crippen LogP contribution in [0, 0.1) is 6.92 Å². The maximum absolute atomic E-state index is 12.2. The Balaban J connectivity index is 1.52. The minimum atomic E-state index is -3.47. The highest BCUT2D eigenvalue weighted by Gasteiger charge is 2.14. The van der Waals surface area contributed by atoms with Gasteiger partial charge in [-0.05, 0) is 43.3 Å². The van der Waals surface area contributed by atoms with Crippen LogP contribution in [0.5, 0.6) is 11.5 Å². The average Bonchev–Trinajstić information content (AvgIpc) is 3.08. The molecule has 0 spiro atoms. The molecule has 9 heteroatoms. The lowest BCUT2D eigenvalue weighted by atomic mass is 10.3. The van der Waals surface area contributed by atoms with Gasteiger partial charge in [0, 0.05) is 29.4 Å². The maximum atomic E-state index is 12.2. The molecule has 0 aliphatic rings. The van der Waals surface area contributed by atoms with E-state index in [1.165, 1.54) is 11.3 Å². The summed E-state index contributed by atoms with van der Waals surface area (Å²) in [6.45, 7) is 2.13. The first kappa shape index (κ1) is 20.2. The molecule has 7 nitrogen and oxygen atoms in total. The molecule has 3 rings (SSSR count). The molecule has 148 valence electrons. The van der Waals surface area contributed by atoms with E-state index in [-0.39, 0.29) is 18.9 Å². The first-order valence-corrected chi connectivity index (χ1v) is 11.0. The lowest BCUT2D eigenvalue weighted by molar-refractivity contribution is 0.339. The van der Waals surface area contributed by atoms with Crippen molar-refractivity contribution in [3.63, 3.8) is 0 Å². The van der Waals surface area contributed by atoms with Gasteiger partial charge in [0.2, 0.25) is 10.0 Å². The highest BCUT2D eigenvalue weighted by atomic mass is 32.2. The van der Waals surface area contributed by atoms with Gasteiger partial charge in [0.05, 0.1) is 18.6 Å². The van der Waals surface area contributed by atoms with E-state index in [0.29, 0.717) is 11.5 Å². The number of pyridine rings is 1. The van der Waals surface area contributed by atoms with E-state index in [1.807, 2.05) is 19.1 Å². The largest absolute Gasteiger partial charge is 0.497 e. The molecule has 0 saturated carbocycles.